The molecule has 0 radical (unpaired) electrons. The first kappa shape index (κ1) is 18.9. The molecule has 0 unspecified atom stereocenters. The maximum atomic E-state index is 12.0. The Balaban J connectivity index is 1.54. The molecule has 3 rings (SSSR count). The first-order valence-corrected chi connectivity index (χ1v) is 9.54. The Morgan fingerprint density at radius 3 is 2.48 bits per heavy atom. The van der Waals surface area contributed by atoms with Crippen LogP contribution in [-0.2, 0) is 14.8 Å². The molecule has 3 N–H and O–H groups in total. The Labute approximate surface area is 159 Å². The van der Waals surface area contributed by atoms with Crippen molar-refractivity contribution < 1.29 is 22.4 Å². The second-order valence-electron chi connectivity index (χ2n) is 5.43. The average molecular weight is 408 g/mol. The molecule has 2 amide bonds. The lowest BCUT2D eigenvalue weighted by atomic mass is 10.2. The summed E-state index contributed by atoms with van der Waals surface area (Å²) in [5.74, 6) is -1.47. The van der Waals surface area contributed by atoms with Crippen molar-refractivity contribution in [3.63, 3.8) is 0 Å². The van der Waals surface area contributed by atoms with Gasteiger partial charge in [0.25, 0.3) is 5.91 Å². The van der Waals surface area contributed by atoms with Crippen LogP contribution < -0.4 is 15.6 Å². The van der Waals surface area contributed by atoms with Crippen LogP contribution in [-0.4, -0.2) is 26.8 Å². The molecule has 0 aliphatic heterocycles. The third kappa shape index (κ3) is 4.64. The molecule has 0 fully saturated rings. The number of hydrogen-bond acceptors (Lipinski definition) is 5. The summed E-state index contributed by atoms with van der Waals surface area (Å²) in [5, 5.41) is 1.13. The highest BCUT2D eigenvalue weighted by Crippen LogP contribution is 2.22. The molecule has 0 saturated carbocycles. The Hall–Kier alpha value is -2.88. The van der Waals surface area contributed by atoms with E-state index in [2.05, 4.69) is 15.6 Å². The minimum atomic E-state index is -3.82. The predicted molar refractivity (Wildman–Crippen MR) is 98.5 cm³/mol. The lowest BCUT2D eigenvalue weighted by Crippen LogP contribution is -2.46. The summed E-state index contributed by atoms with van der Waals surface area (Å²) in [6.07, 6.45) is 0. The monoisotopic (exact) mass is 407 g/mol. The van der Waals surface area contributed by atoms with Crippen LogP contribution in [0.5, 0.6) is 0 Å². The lowest BCUT2D eigenvalue weighted by Gasteiger charge is -2.08. The van der Waals surface area contributed by atoms with Crippen LogP contribution in [0.15, 0.2) is 63.9 Å². The number of halogens is 1. The van der Waals surface area contributed by atoms with E-state index in [9.17, 15) is 18.0 Å². The number of amides is 2. The molecule has 1 heterocycles. The van der Waals surface area contributed by atoms with Crippen molar-refractivity contribution >= 4 is 44.4 Å². The van der Waals surface area contributed by atoms with Crippen LogP contribution in [0.3, 0.4) is 0 Å². The third-order valence-corrected chi connectivity index (χ3v) is 5.15. The summed E-state index contributed by atoms with van der Waals surface area (Å²) in [5.41, 5.74) is 4.72. The van der Waals surface area contributed by atoms with Gasteiger partial charge >= 0.3 is 5.91 Å². The van der Waals surface area contributed by atoms with Crippen LogP contribution in [0, 0.1) is 0 Å². The first-order chi connectivity index (χ1) is 12.8. The maximum absolute atomic E-state index is 12.0. The fourth-order valence-corrected chi connectivity index (χ4v) is 3.39. The molecule has 0 saturated heterocycles. The predicted octanol–water partition coefficient (Wildman–Crippen LogP) is 1.83. The average Bonchev–Trinajstić information content (AvgIpc) is 3.08. The Morgan fingerprint density at radius 1 is 1.00 bits per heavy atom. The van der Waals surface area contributed by atoms with Gasteiger partial charge in [-0.25, -0.2) is 13.1 Å². The molecule has 0 spiro atoms. The second-order valence-corrected chi connectivity index (χ2v) is 7.64. The van der Waals surface area contributed by atoms with Gasteiger partial charge in [0.1, 0.15) is 5.58 Å². The largest absolute Gasteiger partial charge is 0.451 e. The number of benzene rings is 2. The summed E-state index contributed by atoms with van der Waals surface area (Å²) < 4.78 is 31.5. The molecule has 3 aromatic rings. The first-order valence-electron chi connectivity index (χ1n) is 7.68. The van der Waals surface area contributed by atoms with E-state index in [0.29, 0.717) is 16.0 Å². The topological polar surface area (TPSA) is 118 Å². The standard InChI is InChI=1S/C17H14ClN3O5S/c18-12-6-7-14-11(8-12)9-15(26-14)17(23)21-20-16(22)10-19-27(24,25)13-4-2-1-3-5-13/h1-9,19H,10H2,(H,20,22)(H,21,23). The zero-order valence-corrected chi connectivity index (χ0v) is 15.3. The number of hydrazine groups is 1. The highest BCUT2D eigenvalue weighted by molar-refractivity contribution is 7.89. The quantitative estimate of drug-likeness (QED) is 0.558. The smallest absolute Gasteiger partial charge is 0.305 e. The molecule has 27 heavy (non-hydrogen) atoms. The highest BCUT2D eigenvalue weighted by Gasteiger charge is 2.16. The normalized spacial score (nSPS) is 11.3. The van der Waals surface area contributed by atoms with Crippen LogP contribution in [0.4, 0.5) is 0 Å². The molecule has 1 aromatic heterocycles. The number of fused-ring (bicyclic) bond motifs is 1. The van der Waals surface area contributed by atoms with E-state index in [4.69, 9.17) is 16.0 Å². The van der Waals surface area contributed by atoms with E-state index in [1.54, 1.807) is 36.4 Å². The molecular formula is C17H14ClN3O5S. The van der Waals surface area contributed by atoms with Gasteiger partial charge < -0.3 is 4.42 Å². The molecule has 0 atom stereocenters. The fraction of sp³-hybridized carbons (Fsp3) is 0.0588. The number of nitrogens with one attached hydrogen (secondary N) is 3. The molecule has 8 nitrogen and oxygen atoms in total. The number of carbonyl (C=O) groups is 2. The van der Waals surface area contributed by atoms with Crippen molar-refractivity contribution in [1.29, 1.82) is 0 Å². The van der Waals surface area contributed by atoms with E-state index in [1.165, 1.54) is 18.2 Å². The summed E-state index contributed by atoms with van der Waals surface area (Å²) in [7, 11) is -3.82. The van der Waals surface area contributed by atoms with Gasteiger partial charge in [-0.2, -0.15) is 0 Å². The maximum Gasteiger partial charge on any atom is 0.305 e. The van der Waals surface area contributed by atoms with Crippen molar-refractivity contribution in [2.75, 3.05) is 6.54 Å². The molecule has 10 heteroatoms. The van der Waals surface area contributed by atoms with Gasteiger partial charge in [-0.3, -0.25) is 20.4 Å². The van der Waals surface area contributed by atoms with Crippen molar-refractivity contribution in [2.45, 2.75) is 4.90 Å². The van der Waals surface area contributed by atoms with Crippen LogP contribution in [0.1, 0.15) is 10.6 Å². The van der Waals surface area contributed by atoms with Gasteiger partial charge in [-0.05, 0) is 36.4 Å². The third-order valence-electron chi connectivity index (χ3n) is 3.49. The number of hydrogen-bond donors (Lipinski definition) is 3. The zero-order valence-electron chi connectivity index (χ0n) is 13.7. The summed E-state index contributed by atoms with van der Waals surface area (Å²) >= 11 is 5.87. The van der Waals surface area contributed by atoms with Crippen molar-refractivity contribution in [3.8, 4) is 0 Å². The minimum absolute atomic E-state index is 0.0302. The van der Waals surface area contributed by atoms with E-state index in [-0.39, 0.29) is 10.7 Å². The SMILES string of the molecule is O=C(CNS(=O)(=O)c1ccccc1)NNC(=O)c1cc2cc(Cl)ccc2o1. The van der Waals surface area contributed by atoms with Crippen LogP contribution in [0.25, 0.3) is 11.0 Å². The Bertz CT molecular complexity index is 1100. The molecule has 0 aliphatic carbocycles. The molecule has 2 aromatic carbocycles. The van der Waals surface area contributed by atoms with E-state index >= 15 is 0 Å². The number of sulfonamides is 1. The number of carbonyl (C=O) groups excluding carboxylic acids is 2. The molecule has 0 aliphatic rings. The number of furan rings is 1. The molecule has 0 bridgehead atoms. The highest BCUT2D eigenvalue weighted by atomic mass is 35.5. The fourth-order valence-electron chi connectivity index (χ4n) is 2.20. The van der Waals surface area contributed by atoms with Gasteiger partial charge in [0.15, 0.2) is 5.76 Å². The van der Waals surface area contributed by atoms with E-state index in [1.807, 2.05) is 0 Å². The molecule has 140 valence electrons. The lowest BCUT2D eigenvalue weighted by molar-refractivity contribution is -0.120. The van der Waals surface area contributed by atoms with Crippen LogP contribution >= 0.6 is 11.6 Å². The Kier molecular flexibility index (Phi) is 5.45. The van der Waals surface area contributed by atoms with E-state index < -0.39 is 28.4 Å². The van der Waals surface area contributed by atoms with Crippen molar-refractivity contribution in [3.05, 3.63) is 65.4 Å². The zero-order chi connectivity index (χ0) is 19.4. The summed E-state index contributed by atoms with van der Waals surface area (Å²) in [4.78, 5) is 23.8. The van der Waals surface area contributed by atoms with Gasteiger partial charge in [0.2, 0.25) is 10.0 Å². The van der Waals surface area contributed by atoms with Crippen molar-refractivity contribution in [1.82, 2.24) is 15.6 Å². The summed E-state index contributed by atoms with van der Waals surface area (Å²) in [6.45, 7) is -0.548. The molecular weight excluding hydrogens is 394 g/mol. The van der Waals surface area contributed by atoms with Gasteiger partial charge in [-0.15, -0.1) is 0 Å². The van der Waals surface area contributed by atoms with E-state index in [0.717, 1.165) is 0 Å². The van der Waals surface area contributed by atoms with Crippen LogP contribution in [0.2, 0.25) is 5.02 Å². The van der Waals surface area contributed by atoms with Gasteiger partial charge in [0, 0.05) is 10.4 Å². The van der Waals surface area contributed by atoms with Gasteiger partial charge in [0.05, 0.1) is 11.4 Å². The second kappa shape index (κ2) is 7.78. The Morgan fingerprint density at radius 2 is 1.74 bits per heavy atom. The summed E-state index contributed by atoms with van der Waals surface area (Å²) in [6, 6.07) is 13.9. The number of rotatable bonds is 5. The van der Waals surface area contributed by atoms with Crippen molar-refractivity contribution in [2.24, 2.45) is 0 Å². The minimum Gasteiger partial charge on any atom is -0.451 e. The van der Waals surface area contributed by atoms with Gasteiger partial charge in [-0.1, -0.05) is 29.8 Å².